The smallest absolute Gasteiger partial charge is 0.149 e. The lowest BCUT2D eigenvalue weighted by atomic mass is 10.2. The van der Waals surface area contributed by atoms with E-state index in [1.807, 2.05) is 26.1 Å². The Balaban J connectivity index is 2.07. The van der Waals surface area contributed by atoms with Crippen molar-refractivity contribution in [2.75, 3.05) is 11.1 Å². The third-order valence-corrected chi connectivity index (χ3v) is 3.20. The molecule has 0 spiro atoms. The fraction of sp³-hybridized carbons (Fsp3) is 0.273. The molecule has 0 aromatic carbocycles. The van der Waals surface area contributed by atoms with E-state index in [0.29, 0.717) is 12.2 Å². The molecule has 0 saturated heterocycles. The van der Waals surface area contributed by atoms with Gasteiger partial charge in [0.05, 0.1) is 12.2 Å². The number of rotatable bonds is 3. The quantitative estimate of drug-likeness (QED) is 0.855. The number of thiazole rings is 1. The predicted octanol–water partition coefficient (Wildman–Crippen LogP) is 2.35. The summed E-state index contributed by atoms with van der Waals surface area (Å²) in [6.07, 6.45) is 3.62. The van der Waals surface area contributed by atoms with Crippen molar-refractivity contribution < 1.29 is 0 Å². The van der Waals surface area contributed by atoms with Crippen molar-refractivity contribution >= 4 is 22.8 Å². The first-order valence-corrected chi connectivity index (χ1v) is 5.84. The zero-order chi connectivity index (χ0) is 11.5. The van der Waals surface area contributed by atoms with Crippen LogP contribution in [-0.4, -0.2) is 9.97 Å². The van der Waals surface area contributed by atoms with E-state index < -0.39 is 0 Å². The molecular formula is C11H14N4S. The highest BCUT2D eigenvalue weighted by Gasteiger charge is 2.04. The van der Waals surface area contributed by atoms with Crippen LogP contribution in [0.2, 0.25) is 0 Å². The molecule has 0 aliphatic carbocycles. The van der Waals surface area contributed by atoms with Gasteiger partial charge in [0.15, 0.2) is 0 Å². The molecule has 2 aromatic rings. The van der Waals surface area contributed by atoms with Gasteiger partial charge in [-0.1, -0.05) is 0 Å². The van der Waals surface area contributed by atoms with E-state index in [1.165, 1.54) is 4.88 Å². The average Bonchev–Trinajstić information content (AvgIpc) is 2.67. The molecule has 16 heavy (non-hydrogen) atoms. The Morgan fingerprint density at radius 2 is 2.19 bits per heavy atom. The molecule has 2 heterocycles. The van der Waals surface area contributed by atoms with Crippen LogP contribution in [0.4, 0.5) is 11.5 Å². The number of nitrogens with two attached hydrogens (primary N) is 1. The second-order valence-corrected chi connectivity index (χ2v) is 4.93. The molecule has 0 unspecified atom stereocenters. The van der Waals surface area contributed by atoms with Gasteiger partial charge in [0.25, 0.3) is 0 Å². The van der Waals surface area contributed by atoms with E-state index in [0.717, 1.165) is 16.4 Å². The lowest BCUT2D eigenvalue weighted by Gasteiger charge is -2.08. The van der Waals surface area contributed by atoms with Crippen molar-refractivity contribution in [3.05, 3.63) is 33.9 Å². The summed E-state index contributed by atoms with van der Waals surface area (Å²) in [7, 11) is 0. The van der Waals surface area contributed by atoms with Crippen molar-refractivity contribution in [3.8, 4) is 0 Å². The van der Waals surface area contributed by atoms with E-state index in [-0.39, 0.29) is 0 Å². The summed E-state index contributed by atoms with van der Waals surface area (Å²) in [4.78, 5) is 9.68. The van der Waals surface area contributed by atoms with Crippen LogP contribution in [0.3, 0.4) is 0 Å². The van der Waals surface area contributed by atoms with Gasteiger partial charge in [-0.25, -0.2) is 9.97 Å². The predicted molar refractivity (Wildman–Crippen MR) is 67.6 cm³/mol. The first kappa shape index (κ1) is 10.9. The molecule has 0 fully saturated rings. The number of anilines is 2. The largest absolute Gasteiger partial charge is 0.396 e. The van der Waals surface area contributed by atoms with E-state index in [4.69, 9.17) is 5.73 Å². The first-order valence-electron chi connectivity index (χ1n) is 5.03. The summed E-state index contributed by atoms with van der Waals surface area (Å²) >= 11 is 1.67. The SMILES string of the molecule is Cc1cnc(CNc2nccc(C)c2N)s1. The number of nitrogen functional groups attached to an aromatic ring is 1. The summed E-state index contributed by atoms with van der Waals surface area (Å²) in [5, 5.41) is 4.24. The fourth-order valence-electron chi connectivity index (χ4n) is 1.35. The minimum absolute atomic E-state index is 0.666. The minimum atomic E-state index is 0.666. The monoisotopic (exact) mass is 234 g/mol. The zero-order valence-corrected chi connectivity index (χ0v) is 10.1. The Morgan fingerprint density at radius 3 is 2.88 bits per heavy atom. The molecule has 5 heteroatoms. The Bertz CT molecular complexity index is 492. The summed E-state index contributed by atoms with van der Waals surface area (Å²) in [5.74, 6) is 0.729. The number of nitrogens with zero attached hydrogens (tertiary/aromatic N) is 2. The van der Waals surface area contributed by atoms with Gasteiger partial charge in [-0.3, -0.25) is 0 Å². The normalized spacial score (nSPS) is 10.4. The Kier molecular flexibility index (Phi) is 3.05. The summed E-state index contributed by atoms with van der Waals surface area (Å²) in [6.45, 7) is 4.68. The van der Waals surface area contributed by atoms with Crippen LogP contribution >= 0.6 is 11.3 Å². The number of hydrogen-bond acceptors (Lipinski definition) is 5. The fourth-order valence-corrected chi connectivity index (χ4v) is 2.08. The molecule has 3 N–H and O–H groups in total. The number of nitrogens with one attached hydrogen (secondary N) is 1. The molecule has 0 radical (unpaired) electrons. The molecule has 0 saturated carbocycles. The summed E-state index contributed by atoms with van der Waals surface area (Å²) in [5.41, 5.74) is 7.65. The number of hydrogen-bond donors (Lipinski definition) is 2. The zero-order valence-electron chi connectivity index (χ0n) is 9.32. The molecule has 0 aliphatic heterocycles. The van der Waals surface area contributed by atoms with Crippen molar-refractivity contribution in [3.63, 3.8) is 0 Å². The van der Waals surface area contributed by atoms with Crippen molar-refractivity contribution in [1.82, 2.24) is 9.97 Å². The second kappa shape index (κ2) is 4.49. The van der Waals surface area contributed by atoms with Gasteiger partial charge in [0, 0.05) is 17.3 Å². The molecule has 2 rings (SSSR count). The van der Waals surface area contributed by atoms with Gasteiger partial charge in [0.1, 0.15) is 10.8 Å². The van der Waals surface area contributed by atoms with Gasteiger partial charge in [-0.15, -0.1) is 11.3 Å². The van der Waals surface area contributed by atoms with Gasteiger partial charge in [0.2, 0.25) is 0 Å². The molecular weight excluding hydrogens is 220 g/mol. The molecule has 0 atom stereocenters. The Labute approximate surface area is 98.6 Å². The highest BCUT2D eigenvalue weighted by atomic mass is 32.1. The lowest BCUT2D eigenvalue weighted by molar-refractivity contribution is 1.08. The van der Waals surface area contributed by atoms with E-state index in [9.17, 15) is 0 Å². The van der Waals surface area contributed by atoms with E-state index >= 15 is 0 Å². The van der Waals surface area contributed by atoms with Gasteiger partial charge in [-0.2, -0.15) is 0 Å². The molecule has 84 valence electrons. The highest BCUT2D eigenvalue weighted by Crippen LogP contribution is 2.20. The Hall–Kier alpha value is -1.62. The van der Waals surface area contributed by atoms with Crippen LogP contribution in [0.25, 0.3) is 0 Å². The summed E-state index contributed by atoms with van der Waals surface area (Å²) in [6, 6.07) is 1.90. The first-order chi connectivity index (χ1) is 7.66. The van der Waals surface area contributed by atoms with Gasteiger partial charge < -0.3 is 11.1 Å². The maximum atomic E-state index is 5.91. The molecule has 2 aromatic heterocycles. The third kappa shape index (κ3) is 2.30. The molecule has 0 aliphatic rings. The minimum Gasteiger partial charge on any atom is -0.396 e. The van der Waals surface area contributed by atoms with Crippen LogP contribution in [0.15, 0.2) is 18.5 Å². The molecule has 0 amide bonds. The average molecular weight is 234 g/mol. The second-order valence-electron chi connectivity index (χ2n) is 3.61. The molecule has 0 bridgehead atoms. The number of pyridine rings is 1. The van der Waals surface area contributed by atoms with Crippen LogP contribution in [-0.2, 0) is 6.54 Å². The van der Waals surface area contributed by atoms with Crippen LogP contribution < -0.4 is 11.1 Å². The number of aryl methyl sites for hydroxylation is 2. The van der Waals surface area contributed by atoms with Gasteiger partial charge in [-0.05, 0) is 25.5 Å². The topological polar surface area (TPSA) is 63.8 Å². The third-order valence-electron chi connectivity index (χ3n) is 2.28. The van der Waals surface area contributed by atoms with E-state index in [1.54, 1.807) is 17.5 Å². The highest BCUT2D eigenvalue weighted by molar-refractivity contribution is 7.11. The lowest BCUT2D eigenvalue weighted by Crippen LogP contribution is -2.05. The van der Waals surface area contributed by atoms with Crippen molar-refractivity contribution in [2.24, 2.45) is 0 Å². The van der Waals surface area contributed by atoms with E-state index in [2.05, 4.69) is 15.3 Å². The standard InChI is InChI=1S/C11H14N4S/c1-7-3-4-13-11(10(7)12)15-6-9-14-5-8(2)16-9/h3-5H,6,12H2,1-2H3,(H,13,15). The maximum absolute atomic E-state index is 5.91. The van der Waals surface area contributed by atoms with Crippen LogP contribution in [0.5, 0.6) is 0 Å². The van der Waals surface area contributed by atoms with Crippen LogP contribution in [0.1, 0.15) is 15.4 Å². The van der Waals surface area contributed by atoms with Crippen molar-refractivity contribution in [1.29, 1.82) is 0 Å². The maximum Gasteiger partial charge on any atom is 0.149 e. The van der Waals surface area contributed by atoms with Gasteiger partial charge >= 0.3 is 0 Å². The number of aromatic nitrogens is 2. The molecule has 4 nitrogen and oxygen atoms in total. The van der Waals surface area contributed by atoms with Crippen molar-refractivity contribution in [2.45, 2.75) is 20.4 Å². The Morgan fingerprint density at radius 1 is 1.38 bits per heavy atom. The van der Waals surface area contributed by atoms with Crippen LogP contribution in [0, 0.1) is 13.8 Å². The summed E-state index contributed by atoms with van der Waals surface area (Å²) < 4.78 is 0.